The van der Waals surface area contributed by atoms with E-state index in [1.165, 1.54) is 5.69 Å². The number of benzene rings is 1. The molecule has 1 aromatic heterocycles. The highest BCUT2D eigenvalue weighted by Crippen LogP contribution is 2.24. The van der Waals surface area contributed by atoms with Crippen LogP contribution in [-0.4, -0.2) is 41.6 Å². The first-order valence-electron chi connectivity index (χ1n) is 11.2. The van der Waals surface area contributed by atoms with Crippen LogP contribution in [0.25, 0.3) is 5.70 Å². The number of hydrogen-bond acceptors (Lipinski definition) is 6. The van der Waals surface area contributed by atoms with E-state index in [1.54, 1.807) is 29.6 Å². The molecule has 0 saturated carbocycles. The van der Waals surface area contributed by atoms with E-state index in [0.29, 0.717) is 29.0 Å². The Hall–Kier alpha value is -3.51. The first-order chi connectivity index (χ1) is 16.5. The van der Waals surface area contributed by atoms with Gasteiger partial charge in [0.25, 0.3) is 5.91 Å². The molecule has 0 bridgehead atoms. The first kappa shape index (κ1) is 23.6. The lowest BCUT2D eigenvalue weighted by atomic mass is 10.1. The Balaban J connectivity index is 1.51. The summed E-state index contributed by atoms with van der Waals surface area (Å²) in [6, 6.07) is 9.64. The van der Waals surface area contributed by atoms with Gasteiger partial charge in [-0.2, -0.15) is 5.26 Å². The van der Waals surface area contributed by atoms with Gasteiger partial charge in [0.15, 0.2) is 4.80 Å². The molecular weight excluding hydrogens is 444 g/mol. The number of thiazole rings is 1. The van der Waals surface area contributed by atoms with Gasteiger partial charge in [0.05, 0.1) is 17.5 Å². The summed E-state index contributed by atoms with van der Waals surface area (Å²) in [4.78, 5) is 21.0. The van der Waals surface area contributed by atoms with Crippen molar-refractivity contribution in [3.8, 4) is 6.07 Å². The SMILES string of the molecule is C=C(N=c1scc(CN2CCNCC2)n1C)c1ccccc1NC(=O)C1=CCC=C(C#N)C=C1. The zero-order valence-corrected chi connectivity index (χ0v) is 20.1. The molecule has 0 unspecified atom stereocenters. The number of piperazine rings is 1. The molecule has 0 spiro atoms. The van der Waals surface area contributed by atoms with Gasteiger partial charge in [0.1, 0.15) is 0 Å². The van der Waals surface area contributed by atoms with Crippen LogP contribution in [0.1, 0.15) is 17.7 Å². The van der Waals surface area contributed by atoms with E-state index in [2.05, 4.69) is 38.1 Å². The standard InChI is InChI=1S/C26H28N6OS/c1-19(29-26-31(2)22(18-34-26)17-32-14-12-28-13-15-32)23-8-3-4-9-24(23)30-25(33)21-7-5-6-20(16-27)10-11-21/h3-4,6-11,18,28H,1,5,12-15,17H2,2H3,(H,30,33). The molecule has 34 heavy (non-hydrogen) atoms. The minimum absolute atomic E-state index is 0.232. The van der Waals surface area contributed by atoms with Crippen LogP contribution in [0.15, 0.2) is 76.7 Å². The zero-order chi connectivity index (χ0) is 23.9. The lowest BCUT2D eigenvalue weighted by Crippen LogP contribution is -2.43. The normalized spacial score (nSPS) is 16.9. The van der Waals surface area contributed by atoms with Gasteiger partial charge in [-0.25, -0.2) is 4.99 Å². The molecule has 7 nitrogen and oxygen atoms in total. The molecule has 1 aromatic carbocycles. The average molecular weight is 473 g/mol. The minimum atomic E-state index is -0.232. The van der Waals surface area contributed by atoms with Crippen molar-refractivity contribution in [2.75, 3.05) is 31.5 Å². The Morgan fingerprint density at radius 2 is 2.06 bits per heavy atom. The molecule has 1 fully saturated rings. The van der Waals surface area contributed by atoms with Crippen molar-refractivity contribution in [3.05, 3.63) is 87.7 Å². The van der Waals surface area contributed by atoms with Crippen molar-refractivity contribution < 1.29 is 4.79 Å². The summed E-state index contributed by atoms with van der Waals surface area (Å²) < 4.78 is 2.11. The summed E-state index contributed by atoms with van der Waals surface area (Å²) in [5, 5.41) is 17.6. The van der Waals surface area contributed by atoms with E-state index in [0.717, 1.165) is 43.1 Å². The second-order valence-electron chi connectivity index (χ2n) is 8.15. The largest absolute Gasteiger partial charge is 0.323 e. The highest BCUT2D eigenvalue weighted by Gasteiger charge is 2.14. The molecule has 2 N–H and O–H groups in total. The summed E-state index contributed by atoms with van der Waals surface area (Å²) in [6.07, 6.45) is 7.47. The fourth-order valence-electron chi connectivity index (χ4n) is 3.84. The third-order valence-electron chi connectivity index (χ3n) is 5.84. The summed E-state index contributed by atoms with van der Waals surface area (Å²) in [7, 11) is 2.03. The first-order valence-corrected chi connectivity index (χ1v) is 12.1. The molecule has 0 atom stereocenters. The lowest BCUT2D eigenvalue weighted by molar-refractivity contribution is -0.112. The van der Waals surface area contributed by atoms with E-state index < -0.39 is 0 Å². The molecule has 2 aliphatic rings. The second kappa shape index (κ2) is 11.1. The molecular formula is C26H28N6OS. The monoisotopic (exact) mass is 472 g/mol. The number of nitriles is 1. The van der Waals surface area contributed by atoms with Crippen LogP contribution >= 0.6 is 11.3 Å². The van der Waals surface area contributed by atoms with E-state index in [1.807, 2.05) is 37.4 Å². The Bertz CT molecular complexity index is 1280. The Kier molecular flexibility index (Phi) is 7.70. The second-order valence-corrected chi connectivity index (χ2v) is 8.99. The highest BCUT2D eigenvalue weighted by atomic mass is 32.1. The molecule has 0 radical (unpaired) electrons. The number of nitrogens with zero attached hydrogens (tertiary/aromatic N) is 4. The molecule has 8 heteroatoms. The fourth-order valence-corrected chi connectivity index (χ4v) is 4.75. The zero-order valence-electron chi connectivity index (χ0n) is 19.3. The van der Waals surface area contributed by atoms with Gasteiger partial charge < -0.3 is 15.2 Å². The van der Waals surface area contributed by atoms with Gasteiger partial charge in [-0.1, -0.05) is 36.9 Å². The molecule has 2 aromatic rings. The van der Waals surface area contributed by atoms with Gasteiger partial charge in [-0.15, -0.1) is 11.3 Å². The third kappa shape index (κ3) is 5.69. The number of carbonyl (C=O) groups is 1. The van der Waals surface area contributed by atoms with Crippen LogP contribution < -0.4 is 15.4 Å². The topological polar surface area (TPSA) is 85.5 Å². The maximum atomic E-state index is 12.9. The van der Waals surface area contributed by atoms with Gasteiger partial charge >= 0.3 is 0 Å². The number of para-hydroxylation sites is 1. The Morgan fingerprint density at radius 3 is 2.85 bits per heavy atom. The molecule has 1 aliphatic heterocycles. The number of carbonyl (C=O) groups excluding carboxylic acids is 1. The van der Waals surface area contributed by atoms with E-state index in [9.17, 15) is 4.79 Å². The number of hydrogen-bond donors (Lipinski definition) is 2. The average Bonchev–Trinajstić information content (AvgIpc) is 3.05. The molecule has 1 aliphatic carbocycles. The van der Waals surface area contributed by atoms with Crippen molar-refractivity contribution in [3.63, 3.8) is 0 Å². The number of allylic oxidation sites excluding steroid dienone is 4. The Morgan fingerprint density at radius 1 is 1.26 bits per heavy atom. The van der Waals surface area contributed by atoms with Crippen LogP contribution in [0.3, 0.4) is 0 Å². The van der Waals surface area contributed by atoms with E-state index >= 15 is 0 Å². The quantitative estimate of drug-likeness (QED) is 0.675. The van der Waals surface area contributed by atoms with E-state index in [-0.39, 0.29) is 5.91 Å². The predicted molar refractivity (Wildman–Crippen MR) is 137 cm³/mol. The van der Waals surface area contributed by atoms with Gasteiger partial charge in [0, 0.05) is 67.6 Å². The number of anilines is 1. The molecule has 174 valence electrons. The molecule has 2 heterocycles. The van der Waals surface area contributed by atoms with Crippen LogP contribution in [0.2, 0.25) is 0 Å². The van der Waals surface area contributed by atoms with Gasteiger partial charge in [-0.05, 0) is 24.6 Å². The van der Waals surface area contributed by atoms with Crippen molar-refractivity contribution >= 4 is 28.6 Å². The number of rotatable bonds is 6. The predicted octanol–water partition coefficient (Wildman–Crippen LogP) is 3.34. The van der Waals surface area contributed by atoms with E-state index in [4.69, 9.17) is 10.3 Å². The molecule has 1 amide bonds. The summed E-state index contributed by atoms with van der Waals surface area (Å²) in [5.74, 6) is -0.232. The van der Waals surface area contributed by atoms with Crippen molar-refractivity contribution in [2.24, 2.45) is 12.0 Å². The van der Waals surface area contributed by atoms with Crippen LogP contribution in [0.4, 0.5) is 5.69 Å². The van der Waals surface area contributed by atoms with Crippen molar-refractivity contribution in [1.29, 1.82) is 5.26 Å². The summed E-state index contributed by atoms with van der Waals surface area (Å²) >= 11 is 1.59. The Labute approximate surface area is 203 Å². The maximum Gasteiger partial charge on any atom is 0.255 e. The maximum absolute atomic E-state index is 12.9. The summed E-state index contributed by atoms with van der Waals surface area (Å²) in [6.45, 7) is 9.21. The summed E-state index contributed by atoms with van der Waals surface area (Å²) in [5.41, 5.74) is 4.28. The number of nitrogens with one attached hydrogen (secondary N) is 2. The molecule has 1 saturated heterocycles. The highest BCUT2D eigenvalue weighted by molar-refractivity contribution is 7.07. The van der Waals surface area contributed by atoms with Crippen molar-refractivity contribution in [2.45, 2.75) is 13.0 Å². The van der Waals surface area contributed by atoms with Gasteiger partial charge in [0.2, 0.25) is 0 Å². The van der Waals surface area contributed by atoms with Crippen LogP contribution in [0.5, 0.6) is 0 Å². The number of amides is 1. The smallest absolute Gasteiger partial charge is 0.255 e. The molecule has 4 rings (SSSR count). The van der Waals surface area contributed by atoms with Gasteiger partial charge in [-0.3, -0.25) is 9.69 Å². The third-order valence-corrected chi connectivity index (χ3v) is 6.81. The fraction of sp³-hybridized carbons (Fsp3) is 0.269. The minimum Gasteiger partial charge on any atom is -0.323 e. The lowest BCUT2D eigenvalue weighted by Gasteiger charge is -2.27. The van der Waals surface area contributed by atoms with Crippen LogP contribution in [-0.2, 0) is 18.4 Å². The van der Waals surface area contributed by atoms with Crippen LogP contribution in [0, 0.1) is 11.3 Å². The number of aromatic nitrogens is 1. The van der Waals surface area contributed by atoms with Crippen molar-refractivity contribution in [1.82, 2.24) is 14.8 Å².